The quantitative estimate of drug-likeness (QED) is 0.503. The van der Waals surface area contributed by atoms with Gasteiger partial charge < -0.3 is 5.73 Å². The predicted molar refractivity (Wildman–Crippen MR) is 86.9 cm³/mol. The molecule has 1 saturated carbocycles. The number of Topliss-reactive ketones (excluding diaryl/α,β-unsaturated/α-hetero) is 1. The summed E-state index contributed by atoms with van der Waals surface area (Å²) in [6.45, 7) is 2.26. The smallest absolute Gasteiger partial charge is 0.152 e. The number of ketones is 1. The molecule has 0 unspecified atom stereocenters. The first kappa shape index (κ1) is 17.7. The number of hydrogen-bond acceptors (Lipinski definition) is 2. The second-order valence-electron chi connectivity index (χ2n) is 6.72. The van der Waals surface area contributed by atoms with E-state index >= 15 is 0 Å². The first-order chi connectivity index (χ1) is 9.69. The van der Waals surface area contributed by atoms with Gasteiger partial charge in [-0.25, -0.2) is 0 Å². The Morgan fingerprint density at radius 2 is 1.30 bits per heavy atom. The minimum absolute atomic E-state index is 0.328. The molecule has 0 heterocycles. The largest absolute Gasteiger partial charge is 0.319 e. The average molecular weight is 281 g/mol. The van der Waals surface area contributed by atoms with Crippen molar-refractivity contribution in [1.29, 1.82) is 0 Å². The van der Waals surface area contributed by atoms with E-state index in [1.165, 1.54) is 57.8 Å². The van der Waals surface area contributed by atoms with Crippen LogP contribution in [0.25, 0.3) is 0 Å². The molecule has 1 aliphatic carbocycles. The van der Waals surface area contributed by atoms with Gasteiger partial charge in [-0.05, 0) is 19.3 Å². The summed E-state index contributed by atoms with van der Waals surface area (Å²) in [6.07, 6.45) is 18.0. The highest BCUT2D eigenvalue weighted by molar-refractivity contribution is 5.88. The van der Waals surface area contributed by atoms with E-state index in [0.717, 1.165) is 32.1 Å². The van der Waals surface area contributed by atoms with Gasteiger partial charge in [0.05, 0.1) is 5.54 Å². The summed E-state index contributed by atoms with van der Waals surface area (Å²) in [7, 11) is 0. The third-order valence-corrected chi connectivity index (χ3v) is 4.81. The highest BCUT2D eigenvalue weighted by Gasteiger charge is 2.35. The van der Waals surface area contributed by atoms with E-state index < -0.39 is 5.54 Å². The fourth-order valence-corrected chi connectivity index (χ4v) is 3.31. The molecular formula is C18H35NO. The molecule has 2 heteroatoms. The molecule has 0 saturated heterocycles. The van der Waals surface area contributed by atoms with Crippen LogP contribution < -0.4 is 5.73 Å². The maximum absolute atomic E-state index is 12.1. The van der Waals surface area contributed by atoms with Crippen molar-refractivity contribution in [1.82, 2.24) is 0 Å². The lowest BCUT2D eigenvalue weighted by molar-refractivity contribution is -0.124. The van der Waals surface area contributed by atoms with Crippen molar-refractivity contribution in [3.8, 4) is 0 Å². The van der Waals surface area contributed by atoms with Crippen LogP contribution in [-0.2, 0) is 4.79 Å². The Labute approximate surface area is 125 Å². The first-order valence-electron chi connectivity index (χ1n) is 9.01. The van der Waals surface area contributed by atoms with E-state index in [1.807, 2.05) is 0 Å². The standard InChI is InChI=1S/C18H35NO/c1-2-3-4-5-6-7-8-9-10-11-14-17(20)18(19)15-12-13-16-18/h2-16,19H2,1H3. The van der Waals surface area contributed by atoms with Gasteiger partial charge in [0.15, 0.2) is 5.78 Å². The molecule has 1 aliphatic rings. The average Bonchev–Trinajstić information content (AvgIpc) is 2.89. The predicted octanol–water partition coefficient (Wildman–Crippen LogP) is 5.14. The molecular weight excluding hydrogens is 246 g/mol. The Bertz CT molecular complexity index is 256. The second-order valence-corrected chi connectivity index (χ2v) is 6.72. The van der Waals surface area contributed by atoms with Crippen LogP contribution in [-0.4, -0.2) is 11.3 Å². The van der Waals surface area contributed by atoms with E-state index in [0.29, 0.717) is 12.2 Å². The summed E-state index contributed by atoms with van der Waals surface area (Å²) >= 11 is 0. The Morgan fingerprint density at radius 3 is 1.80 bits per heavy atom. The fourth-order valence-electron chi connectivity index (χ4n) is 3.31. The molecule has 0 atom stereocenters. The molecule has 0 bridgehead atoms. The van der Waals surface area contributed by atoms with Crippen molar-refractivity contribution >= 4 is 5.78 Å². The van der Waals surface area contributed by atoms with Crippen LogP contribution in [0, 0.1) is 0 Å². The zero-order valence-electron chi connectivity index (χ0n) is 13.6. The number of nitrogens with two attached hydrogens (primary N) is 1. The molecule has 0 spiro atoms. The van der Waals surface area contributed by atoms with Crippen LogP contribution in [0.3, 0.4) is 0 Å². The summed E-state index contributed by atoms with van der Waals surface area (Å²) in [4.78, 5) is 12.1. The van der Waals surface area contributed by atoms with E-state index in [4.69, 9.17) is 5.73 Å². The molecule has 0 aromatic rings. The minimum Gasteiger partial charge on any atom is -0.319 e. The van der Waals surface area contributed by atoms with Crippen molar-refractivity contribution in [2.75, 3.05) is 0 Å². The maximum Gasteiger partial charge on any atom is 0.152 e. The van der Waals surface area contributed by atoms with Crippen molar-refractivity contribution < 1.29 is 4.79 Å². The van der Waals surface area contributed by atoms with Gasteiger partial charge in [0, 0.05) is 6.42 Å². The van der Waals surface area contributed by atoms with Crippen LogP contribution in [0.2, 0.25) is 0 Å². The number of hydrogen-bond donors (Lipinski definition) is 1. The molecule has 0 aliphatic heterocycles. The van der Waals surface area contributed by atoms with Gasteiger partial charge in [-0.15, -0.1) is 0 Å². The Balaban J connectivity index is 1.88. The third kappa shape index (κ3) is 6.88. The number of rotatable bonds is 12. The SMILES string of the molecule is CCCCCCCCCCCCC(=O)C1(N)CCCC1. The second kappa shape index (κ2) is 10.4. The van der Waals surface area contributed by atoms with E-state index in [-0.39, 0.29) is 0 Å². The Morgan fingerprint density at radius 1 is 0.850 bits per heavy atom. The molecule has 20 heavy (non-hydrogen) atoms. The number of carbonyl (C=O) groups excluding carboxylic acids is 1. The molecule has 2 N–H and O–H groups in total. The van der Waals surface area contributed by atoms with Gasteiger partial charge in [0.1, 0.15) is 0 Å². The van der Waals surface area contributed by atoms with E-state index in [9.17, 15) is 4.79 Å². The highest BCUT2D eigenvalue weighted by Crippen LogP contribution is 2.29. The van der Waals surface area contributed by atoms with Crippen molar-refractivity contribution in [2.24, 2.45) is 5.73 Å². The zero-order chi connectivity index (χ0) is 14.7. The van der Waals surface area contributed by atoms with E-state index in [1.54, 1.807) is 0 Å². The summed E-state index contributed by atoms with van der Waals surface area (Å²) in [6, 6.07) is 0. The van der Waals surface area contributed by atoms with Crippen molar-refractivity contribution in [2.45, 2.75) is 109 Å². The highest BCUT2D eigenvalue weighted by atomic mass is 16.1. The van der Waals surface area contributed by atoms with Crippen LogP contribution in [0.1, 0.15) is 103 Å². The molecule has 0 aromatic carbocycles. The monoisotopic (exact) mass is 281 g/mol. The van der Waals surface area contributed by atoms with Gasteiger partial charge in [0.25, 0.3) is 0 Å². The lowest BCUT2D eigenvalue weighted by Gasteiger charge is -2.21. The van der Waals surface area contributed by atoms with E-state index in [2.05, 4.69) is 6.92 Å². The van der Waals surface area contributed by atoms with Crippen LogP contribution in [0.15, 0.2) is 0 Å². The number of carbonyl (C=O) groups is 1. The minimum atomic E-state index is -0.445. The molecule has 2 nitrogen and oxygen atoms in total. The van der Waals surface area contributed by atoms with Gasteiger partial charge >= 0.3 is 0 Å². The topological polar surface area (TPSA) is 43.1 Å². The summed E-state index contributed by atoms with van der Waals surface area (Å²) in [5.74, 6) is 0.328. The number of unbranched alkanes of at least 4 members (excludes halogenated alkanes) is 9. The molecule has 0 amide bonds. The first-order valence-corrected chi connectivity index (χ1v) is 9.01. The van der Waals surface area contributed by atoms with Crippen LogP contribution in [0.4, 0.5) is 0 Å². The molecule has 0 radical (unpaired) electrons. The summed E-state index contributed by atoms with van der Waals surface area (Å²) < 4.78 is 0. The summed E-state index contributed by atoms with van der Waals surface area (Å²) in [5.41, 5.74) is 5.73. The van der Waals surface area contributed by atoms with Gasteiger partial charge in [-0.3, -0.25) is 4.79 Å². The Kier molecular flexibility index (Phi) is 9.17. The van der Waals surface area contributed by atoms with Gasteiger partial charge in [-0.1, -0.05) is 77.6 Å². The normalized spacial score (nSPS) is 17.5. The molecule has 1 rings (SSSR count). The van der Waals surface area contributed by atoms with Crippen LogP contribution in [0.5, 0.6) is 0 Å². The van der Waals surface area contributed by atoms with Gasteiger partial charge in [0.2, 0.25) is 0 Å². The maximum atomic E-state index is 12.1. The lowest BCUT2D eigenvalue weighted by Crippen LogP contribution is -2.45. The lowest BCUT2D eigenvalue weighted by atomic mass is 9.90. The molecule has 118 valence electrons. The summed E-state index contributed by atoms with van der Waals surface area (Å²) in [5, 5.41) is 0. The van der Waals surface area contributed by atoms with Crippen molar-refractivity contribution in [3.05, 3.63) is 0 Å². The third-order valence-electron chi connectivity index (χ3n) is 4.81. The fraction of sp³-hybridized carbons (Fsp3) is 0.944. The molecule has 1 fully saturated rings. The Hall–Kier alpha value is -0.370. The molecule has 0 aromatic heterocycles. The zero-order valence-corrected chi connectivity index (χ0v) is 13.6. The van der Waals surface area contributed by atoms with Crippen molar-refractivity contribution in [3.63, 3.8) is 0 Å². The van der Waals surface area contributed by atoms with Crippen LogP contribution >= 0.6 is 0 Å². The van der Waals surface area contributed by atoms with Gasteiger partial charge in [-0.2, -0.15) is 0 Å².